The number of carboxylic acids is 1. The number of aliphatic carboxylic acids is 1. The molecule has 0 aromatic carbocycles. The lowest BCUT2D eigenvalue weighted by atomic mass is 9.99. The third kappa shape index (κ3) is 6.41. The zero-order valence-corrected chi connectivity index (χ0v) is 11.9. The van der Waals surface area contributed by atoms with E-state index in [0.29, 0.717) is 12.2 Å². The molecule has 0 saturated carbocycles. The Hall–Kier alpha value is -1.32. The zero-order chi connectivity index (χ0) is 13.9. The van der Waals surface area contributed by atoms with Crippen molar-refractivity contribution in [1.82, 2.24) is 9.97 Å². The highest BCUT2D eigenvalue weighted by molar-refractivity contribution is 5.74. The van der Waals surface area contributed by atoms with Crippen LogP contribution in [0, 0.1) is 0 Å². The Balaban J connectivity index is 2.11. The third-order valence-electron chi connectivity index (χ3n) is 3.49. The first kappa shape index (κ1) is 15.7. The SMILES string of the molecule is CCCCCCCCCCC(C(=O)O)c1ncc[nH]1. The van der Waals surface area contributed by atoms with Crippen LogP contribution in [0.2, 0.25) is 0 Å². The minimum atomic E-state index is -0.780. The van der Waals surface area contributed by atoms with Crippen molar-refractivity contribution in [3.05, 3.63) is 18.2 Å². The maximum atomic E-state index is 11.2. The van der Waals surface area contributed by atoms with Crippen LogP contribution in [0.15, 0.2) is 12.4 Å². The Morgan fingerprint density at radius 3 is 2.37 bits per heavy atom. The molecule has 1 rings (SSSR count). The van der Waals surface area contributed by atoms with Crippen molar-refractivity contribution in [3.63, 3.8) is 0 Å². The van der Waals surface area contributed by atoms with Crippen molar-refractivity contribution in [3.8, 4) is 0 Å². The molecule has 0 spiro atoms. The third-order valence-corrected chi connectivity index (χ3v) is 3.49. The number of hydrogen-bond donors (Lipinski definition) is 2. The summed E-state index contributed by atoms with van der Waals surface area (Å²) in [5, 5.41) is 9.18. The molecule has 2 N–H and O–H groups in total. The molecule has 1 heterocycles. The van der Waals surface area contributed by atoms with Gasteiger partial charge in [0, 0.05) is 12.4 Å². The van der Waals surface area contributed by atoms with Gasteiger partial charge in [0.1, 0.15) is 11.7 Å². The number of nitrogens with one attached hydrogen (secondary N) is 1. The molecule has 1 unspecified atom stereocenters. The average molecular weight is 266 g/mol. The summed E-state index contributed by atoms with van der Waals surface area (Å²) in [6.07, 6.45) is 13.8. The molecule has 1 aromatic heterocycles. The van der Waals surface area contributed by atoms with Crippen LogP contribution < -0.4 is 0 Å². The molecule has 0 aliphatic carbocycles. The number of hydrogen-bond acceptors (Lipinski definition) is 2. The van der Waals surface area contributed by atoms with E-state index in [1.807, 2.05) is 0 Å². The summed E-state index contributed by atoms with van der Waals surface area (Å²) in [6.45, 7) is 2.22. The van der Waals surface area contributed by atoms with Crippen molar-refractivity contribution < 1.29 is 9.90 Å². The second kappa shape index (κ2) is 9.59. The summed E-state index contributed by atoms with van der Waals surface area (Å²) >= 11 is 0. The fraction of sp³-hybridized carbons (Fsp3) is 0.733. The van der Waals surface area contributed by atoms with Crippen molar-refractivity contribution in [1.29, 1.82) is 0 Å². The van der Waals surface area contributed by atoms with Crippen molar-refractivity contribution in [2.24, 2.45) is 0 Å². The number of imidazole rings is 1. The Morgan fingerprint density at radius 1 is 1.21 bits per heavy atom. The van der Waals surface area contributed by atoms with Crippen molar-refractivity contribution >= 4 is 5.97 Å². The highest BCUT2D eigenvalue weighted by Crippen LogP contribution is 2.20. The molecule has 0 saturated heterocycles. The Labute approximate surface area is 115 Å². The molecule has 0 bridgehead atoms. The van der Waals surface area contributed by atoms with Gasteiger partial charge in [0.25, 0.3) is 0 Å². The molecule has 0 radical (unpaired) electrons. The number of unbranched alkanes of at least 4 members (excludes halogenated alkanes) is 7. The topological polar surface area (TPSA) is 66.0 Å². The number of carboxylic acid groups (broad SMARTS) is 1. The lowest BCUT2D eigenvalue weighted by molar-refractivity contribution is -0.139. The predicted molar refractivity (Wildman–Crippen MR) is 76.2 cm³/mol. The highest BCUT2D eigenvalue weighted by Gasteiger charge is 2.21. The van der Waals surface area contributed by atoms with Gasteiger partial charge in [-0.3, -0.25) is 4.79 Å². The summed E-state index contributed by atoms with van der Waals surface area (Å²) in [4.78, 5) is 18.1. The Bertz CT molecular complexity index is 336. The minimum Gasteiger partial charge on any atom is -0.481 e. The molecule has 4 heteroatoms. The quantitative estimate of drug-likeness (QED) is 0.592. The van der Waals surface area contributed by atoms with Gasteiger partial charge in [-0.15, -0.1) is 0 Å². The van der Waals surface area contributed by atoms with Crippen molar-refractivity contribution in [2.75, 3.05) is 0 Å². The van der Waals surface area contributed by atoms with Crippen molar-refractivity contribution in [2.45, 2.75) is 70.6 Å². The minimum absolute atomic E-state index is 0.477. The molecular formula is C15H26N2O2. The molecular weight excluding hydrogens is 240 g/mol. The fourth-order valence-electron chi connectivity index (χ4n) is 2.33. The standard InChI is InChI=1S/C15H26N2O2/c1-2-3-4-5-6-7-8-9-10-13(15(18)19)14-16-11-12-17-14/h11-13H,2-10H2,1H3,(H,16,17)(H,18,19). The van der Waals surface area contributed by atoms with E-state index in [2.05, 4.69) is 16.9 Å². The van der Waals surface area contributed by atoms with E-state index in [0.717, 1.165) is 12.8 Å². The first-order valence-electron chi connectivity index (χ1n) is 7.47. The second-order valence-electron chi connectivity index (χ2n) is 5.13. The van der Waals surface area contributed by atoms with E-state index in [4.69, 9.17) is 0 Å². The van der Waals surface area contributed by atoms with Crippen LogP contribution in [-0.2, 0) is 4.79 Å². The zero-order valence-electron chi connectivity index (χ0n) is 11.9. The van der Waals surface area contributed by atoms with Crippen LogP contribution >= 0.6 is 0 Å². The van der Waals surface area contributed by atoms with Crippen LogP contribution in [0.5, 0.6) is 0 Å². The molecule has 0 amide bonds. The van der Waals surface area contributed by atoms with Gasteiger partial charge in [-0.2, -0.15) is 0 Å². The van der Waals surface area contributed by atoms with Gasteiger partial charge in [0.15, 0.2) is 0 Å². The number of H-pyrrole nitrogens is 1. The van der Waals surface area contributed by atoms with E-state index in [-0.39, 0.29) is 0 Å². The Kier molecular flexibility index (Phi) is 7.94. The first-order chi connectivity index (χ1) is 9.25. The fourth-order valence-corrected chi connectivity index (χ4v) is 2.33. The van der Waals surface area contributed by atoms with Crippen LogP contribution in [0.25, 0.3) is 0 Å². The maximum absolute atomic E-state index is 11.2. The molecule has 0 aliphatic heterocycles. The molecule has 108 valence electrons. The highest BCUT2D eigenvalue weighted by atomic mass is 16.4. The van der Waals surface area contributed by atoms with E-state index in [1.165, 1.54) is 38.5 Å². The van der Waals surface area contributed by atoms with E-state index < -0.39 is 11.9 Å². The normalized spacial score (nSPS) is 12.5. The van der Waals surface area contributed by atoms with Gasteiger partial charge < -0.3 is 10.1 Å². The lowest BCUT2D eigenvalue weighted by Gasteiger charge is -2.09. The number of rotatable bonds is 11. The summed E-state index contributed by atoms with van der Waals surface area (Å²) in [7, 11) is 0. The predicted octanol–water partition coefficient (Wildman–Crippen LogP) is 4.11. The number of aromatic nitrogens is 2. The first-order valence-corrected chi connectivity index (χ1v) is 7.47. The average Bonchev–Trinajstić information content (AvgIpc) is 2.90. The molecule has 1 aromatic rings. The number of nitrogens with zero attached hydrogens (tertiary/aromatic N) is 1. The van der Waals surface area contributed by atoms with Crippen LogP contribution in [-0.4, -0.2) is 21.0 Å². The van der Waals surface area contributed by atoms with Crippen LogP contribution in [0.3, 0.4) is 0 Å². The summed E-state index contributed by atoms with van der Waals surface area (Å²) < 4.78 is 0. The van der Waals surface area contributed by atoms with Gasteiger partial charge in [-0.05, 0) is 6.42 Å². The van der Waals surface area contributed by atoms with Gasteiger partial charge in [0.05, 0.1) is 0 Å². The summed E-state index contributed by atoms with van der Waals surface area (Å²) in [6, 6.07) is 0. The smallest absolute Gasteiger partial charge is 0.314 e. The van der Waals surface area contributed by atoms with Gasteiger partial charge in [-0.25, -0.2) is 4.98 Å². The van der Waals surface area contributed by atoms with Gasteiger partial charge in [-0.1, -0.05) is 58.3 Å². The van der Waals surface area contributed by atoms with Gasteiger partial charge >= 0.3 is 5.97 Å². The Morgan fingerprint density at radius 2 is 1.84 bits per heavy atom. The molecule has 19 heavy (non-hydrogen) atoms. The lowest BCUT2D eigenvalue weighted by Crippen LogP contribution is -2.13. The van der Waals surface area contributed by atoms with E-state index in [1.54, 1.807) is 12.4 Å². The van der Waals surface area contributed by atoms with E-state index in [9.17, 15) is 9.90 Å². The summed E-state index contributed by atoms with van der Waals surface area (Å²) in [5.74, 6) is -0.677. The molecule has 0 aliphatic rings. The monoisotopic (exact) mass is 266 g/mol. The maximum Gasteiger partial charge on any atom is 0.314 e. The second-order valence-corrected chi connectivity index (χ2v) is 5.13. The largest absolute Gasteiger partial charge is 0.481 e. The summed E-state index contributed by atoms with van der Waals surface area (Å²) in [5.41, 5.74) is 0. The molecule has 0 fully saturated rings. The van der Waals surface area contributed by atoms with Gasteiger partial charge in [0.2, 0.25) is 0 Å². The molecule has 4 nitrogen and oxygen atoms in total. The van der Waals surface area contributed by atoms with E-state index >= 15 is 0 Å². The van der Waals surface area contributed by atoms with Crippen LogP contribution in [0.4, 0.5) is 0 Å². The molecule has 1 atom stereocenters. The number of carbonyl (C=O) groups is 1. The number of aromatic amines is 1. The van der Waals surface area contributed by atoms with Crippen LogP contribution in [0.1, 0.15) is 76.5 Å².